The first kappa shape index (κ1) is 15.3. The Morgan fingerprint density at radius 1 is 1.46 bits per heavy atom. The Hall–Kier alpha value is -2.22. The van der Waals surface area contributed by atoms with Crippen LogP contribution in [0.4, 0.5) is 0 Å². The second-order valence-electron chi connectivity index (χ2n) is 6.38. The Kier molecular flexibility index (Phi) is 3.84. The number of nitrogens with one attached hydrogen (secondary N) is 1. The number of carbonyl (C=O) groups excluding carboxylic acids is 2. The molecule has 0 aromatic carbocycles. The van der Waals surface area contributed by atoms with Crippen LogP contribution in [0.3, 0.4) is 0 Å². The number of carbonyl (C=O) groups is 2. The summed E-state index contributed by atoms with van der Waals surface area (Å²) in [6.07, 6.45) is 4.25. The Morgan fingerprint density at radius 3 is 3.00 bits per heavy atom. The molecular formula is C16H19N5O2S. The van der Waals surface area contributed by atoms with Crippen LogP contribution in [0, 0.1) is 5.92 Å². The van der Waals surface area contributed by atoms with E-state index in [0.29, 0.717) is 12.6 Å². The molecule has 2 aromatic heterocycles. The van der Waals surface area contributed by atoms with Crippen LogP contribution >= 0.6 is 11.3 Å². The van der Waals surface area contributed by atoms with Crippen molar-refractivity contribution in [1.29, 1.82) is 0 Å². The maximum atomic E-state index is 12.7. The van der Waals surface area contributed by atoms with Crippen molar-refractivity contribution in [2.45, 2.75) is 37.9 Å². The minimum Gasteiger partial charge on any atom is -0.348 e. The van der Waals surface area contributed by atoms with Gasteiger partial charge in [0, 0.05) is 24.4 Å². The standard InChI is InChI=1S/C16H19N5O2S/c1-20-14(22)7-11(15(20)12-3-2-6-24-12)16(23)17-8-13-19-18-9-21(13)10-4-5-10/h2-3,6,9-11,15H,4-5,7-8H2,1H3,(H,17,23)/t11-,15+/m0/s1. The van der Waals surface area contributed by atoms with Crippen LogP contribution in [0.15, 0.2) is 23.8 Å². The summed E-state index contributed by atoms with van der Waals surface area (Å²) >= 11 is 1.58. The highest BCUT2D eigenvalue weighted by atomic mass is 32.1. The quantitative estimate of drug-likeness (QED) is 0.891. The first-order valence-electron chi connectivity index (χ1n) is 8.10. The summed E-state index contributed by atoms with van der Waals surface area (Å²) in [5.74, 6) is 0.320. The van der Waals surface area contributed by atoms with Gasteiger partial charge in [0.2, 0.25) is 11.8 Å². The van der Waals surface area contributed by atoms with Crippen LogP contribution < -0.4 is 5.32 Å². The lowest BCUT2D eigenvalue weighted by molar-refractivity contribution is -0.128. The molecule has 2 aliphatic rings. The number of aromatic nitrogens is 3. The fourth-order valence-corrected chi connectivity index (χ4v) is 4.23. The highest BCUT2D eigenvalue weighted by Gasteiger charge is 2.43. The molecule has 1 N–H and O–H groups in total. The van der Waals surface area contributed by atoms with E-state index < -0.39 is 0 Å². The highest BCUT2D eigenvalue weighted by molar-refractivity contribution is 7.10. The zero-order chi connectivity index (χ0) is 16.7. The van der Waals surface area contributed by atoms with Crippen LogP contribution in [0.5, 0.6) is 0 Å². The van der Waals surface area contributed by atoms with Gasteiger partial charge in [0.1, 0.15) is 6.33 Å². The first-order valence-corrected chi connectivity index (χ1v) is 8.98. The van der Waals surface area contributed by atoms with E-state index in [4.69, 9.17) is 0 Å². The van der Waals surface area contributed by atoms with Crippen molar-refractivity contribution in [1.82, 2.24) is 25.0 Å². The van der Waals surface area contributed by atoms with E-state index in [0.717, 1.165) is 23.5 Å². The summed E-state index contributed by atoms with van der Waals surface area (Å²) in [6.45, 7) is 0.348. The summed E-state index contributed by atoms with van der Waals surface area (Å²) in [4.78, 5) is 27.5. The van der Waals surface area contributed by atoms with Gasteiger partial charge in [0.15, 0.2) is 5.82 Å². The molecule has 3 heterocycles. The average molecular weight is 345 g/mol. The predicted molar refractivity (Wildman–Crippen MR) is 88.1 cm³/mol. The van der Waals surface area contributed by atoms with Gasteiger partial charge in [0.05, 0.1) is 18.5 Å². The number of nitrogens with zero attached hydrogens (tertiary/aromatic N) is 4. The molecule has 24 heavy (non-hydrogen) atoms. The van der Waals surface area contributed by atoms with Crippen molar-refractivity contribution in [2.75, 3.05) is 7.05 Å². The number of likely N-dealkylation sites (tertiary alicyclic amines) is 1. The Morgan fingerprint density at radius 2 is 2.29 bits per heavy atom. The fourth-order valence-electron chi connectivity index (χ4n) is 3.30. The zero-order valence-corrected chi connectivity index (χ0v) is 14.2. The van der Waals surface area contributed by atoms with Gasteiger partial charge in [-0.05, 0) is 24.3 Å². The molecule has 4 rings (SSSR count). The molecule has 0 bridgehead atoms. The summed E-state index contributed by atoms with van der Waals surface area (Å²) in [7, 11) is 1.77. The molecular weight excluding hydrogens is 326 g/mol. The summed E-state index contributed by atoms with van der Waals surface area (Å²) in [5, 5.41) is 13.0. The monoisotopic (exact) mass is 345 g/mol. The number of hydrogen-bond acceptors (Lipinski definition) is 5. The van der Waals surface area contributed by atoms with Crippen molar-refractivity contribution < 1.29 is 9.59 Å². The molecule has 2 amide bonds. The molecule has 0 unspecified atom stereocenters. The fraction of sp³-hybridized carbons (Fsp3) is 0.500. The molecule has 0 spiro atoms. The molecule has 1 aliphatic heterocycles. The van der Waals surface area contributed by atoms with E-state index in [-0.39, 0.29) is 30.2 Å². The number of amides is 2. The van der Waals surface area contributed by atoms with Crippen molar-refractivity contribution in [3.63, 3.8) is 0 Å². The van der Waals surface area contributed by atoms with Gasteiger partial charge in [-0.1, -0.05) is 6.07 Å². The molecule has 7 nitrogen and oxygen atoms in total. The minimum absolute atomic E-state index is 0.00898. The van der Waals surface area contributed by atoms with Crippen LogP contribution in [0.2, 0.25) is 0 Å². The topological polar surface area (TPSA) is 80.1 Å². The van der Waals surface area contributed by atoms with Gasteiger partial charge in [-0.2, -0.15) is 0 Å². The van der Waals surface area contributed by atoms with Crippen LogP contribution in [-0.2, 0) is 16.1 Å². The SMILES string of the molecule is CN1C(=O)C[C@H](C(=O)NCc2nncn2C2CC2)[C@@H]1c1cccs1. The smallest absolute Gasteiger partial charge is 0.226 e. The Bertz CT molecular complexity index is 752. The zero-order valence-electron chi connectivity index (χ0n) is 13.4. The molecule has 2 atom stereocenters. The third-order valence-electron chi connectivity index (χ3n) is 4.77. The van der Waals surface area contributed by atoms with E-state index in [9.17, 15) is 9.59 Å². The normalized spacial score (nSPS) is 23.7. The largest absolute Gasteiger partial charge is 0.348 e. The number of rotatable bonds is 5. The lowest BCUT2D eigenvalue weighted by Gasteiger charge is -2.23. The van der Waals surface area contributed by atoms with Crippen molar-refractivity contribution in [3.05, 3.63) is 34.5 Å². The van der Waals surface area contributed by atoms with Crippen molar-refractivity contribution >= 4 is 23.2 Å². The number of thiophene rings is 1. The molecule has 2 aromatic rings. The van der Waals surface area contributed by atoms with Crippen LogP contribution in [0.1, 0.15) is 42.0 Å². The van der Waals surface area contributed by atoms with E-state index in [1.165, 1.54) is 0 Å². The molecule has 0 radical (unpaired) electrons. The maximum absolute atomic E-state index is 12.7. The van der Waals surface area contributed by atoms with Crippen molar-refractivity contribution in [3.8, 4) is 0 Å². The van der Waals surface area contributed by atoms with Gasteiger partial charge < -0.3 is 14.8 Å². The molecule has 126 valence electrons. The van der Waals surface area contributed by atoms with E-state index >= 15 is 0 Å². The predicted octanol–water partition coefficient (Wildman–Crippen LogP) is 1.51. The highest BCUT2D eigenvalue weighted by Crippen LogP contribution is 2.39. The molecule has 1 aliphatic carbocycles. The van der Waals surface area contributed by atoms with E-state index in [1.54, 1.807) is 29.6 Å². The summed E-state index contributed by atoms with van der Waals surface area (Å²) < 4.78 is 2.03. The van der Waals surface area contributed by atoms with Gasteiger partial charge >= 0.3 is 0 Å². The van der Waals surface area contributed by atoms with Gasteiger partial charge in [-0.25, -0.2) is 0 Å². The summed E-state index contributed by atoms with van der Waals surface area (Å²) in [6, 6.07) is 4.22. The second-order valence-corrected chi connectivity index (χ2v) is 7.36. The Balaban J connectivity index is 1.46. The lowest BCUT2D eigenvalue weighted by atomic mass is 9.98. The van der Waals surface area contributed by atoms with Gasteiger partial charge in [0.25, 0.3) is 0 Å². The third-order valence-corrected chi connectivity index (χ3v) is 5.71. The Labute approximate surface area is 143 Å². The lowest BCUT2D eigenvalue weighted by Crippen LogP contribution is -2.34. The number of hydrogen-bond donors (Lipinski definition) is 1. The average Bonchev–Trinajstić information content (AvgIpc) is 2.99. The van der Waals surface area contributed by atoms with Crippen LogP contribution in [0.25, 0.3) is 0 Å². The maximum Gasteiger partial charge on any atom is 0.226 e. The van der Waals surface area contributed by atoms with E-state index in [2.05, 4.69) is 15.5 Å². The molecule has 8 heteroatoms. The van der Waals surface area contributed by atoms with Crippen molar-refractivity contribution in [2.24, 2.45) is 5.92 Å². The summed E-state index contributed by atoms with van der Waals surface area (Å²) in [5.41, 5.74) is 0. The third kappa shape index (κ3) is 2.71. The molecule has 2 fully saturated rings. The van der Waals surface area contributed by atoms with Crippen LogP contribution in [-0.4, -0.2) is 38.5 Å². The minimum atomic E-state index is -0.363. The van der Waals surface area contributed by atoms with Gasteiger partial charge in [-0.15, -0.1) is 21.5 Å². The second kappa shape index (κ2) is 6.01. The molecule has 1 saturated carbocycles. The van der Waals surface area contributed by atoms with Gasteiger partial charge in [-0.3, -0.25) is 9.59 Å². The molecule has 1 saturated heterocycles. The van der Waals surface area contributed by atoms with E-state index in [1.807, 2.05) is 22.1 Å². The first-order chi connectivity index (χ1) is 11.6.